The van der Waals surface area contributed by atoms with E-state index in [4.69, 9.17) is 11.8 Å². The van der Waals surface area contributed by atoms with Gasteiger partial charge in [0.15, 0.2) is 0 Å². The summed E-state index contributed by atoms with van der Waals surface area (Å²) in [6.07, 6.45) is -10.1. The summed E-state index contributed by atoms with van der Waals surface area (Å²) in [6.45, 7) is 0. The van der Waals surface area contributed by atoms with Gasteiger partial charge in [0, 0.05) is 11.8 Å². The molecule has 14 heavy (non-hydrogen) atoms. The van der Waals surface area contributed by atoms with Gasteiger partial charge < -0.3 is 0 Å². The molecule has 1 heterocycles. The van der Waals surface area contributed by atoms with Crippen LogP contribution in [0.1, 0.15) is 11.6 Å². The van der Waals surface area contributed by atoms with Gasteiger partial charge in [0.25, 0.3) is 11.6 Å². The van der Waals surface area contributed by atoms with Gasteiger partial charge in [-0.1, -0.05) is 0 Å². The first-order valence-corrected chi connectivity index (χ1v) is 3.24. The second kappa shape index (κ2) is 3.01. The molecule has 0 atom stereocenters. The van der Waals surface area contributed by atoms with Crippen molar-refractivity contribution in [2.24, 2.45) is 0 Å². The fourth-order valence-electron chi connectivity index (χ4n) is 0.610. The Hall–Kier alpha value is -0.990. The van der Waals surface area contributed by atoms with Gasteiger partial charge >= 0.3 is 12.4 Å². The van der Waals surface area contributed by atoms with Crippen LogP contribution in [0.25, 0.3) is 0 Å². The second-order valence-electron chi connectivity index (χ2n) is 2.12. The summed E-state index contributed by atoms with van der Waals surface area (Å²) < 4.78 is 70.6. The first-order chi connectivity index (χ1) is 6.14. The minimum absolute atomic E-state index is 0.667. The van der Waals surface area contributed by atoms with Crippen molar-refractivity contribution in [3.63, 3.8) is 0 Å². The van der Waals surface area contributed by atoms with Gasteiger partial charge in [-0.05, 0) is 0 Å². The molecule has 3 nitrogen and oxygen atoms in total. The highest BCUT2D eigenvalue weighted by atomic mass is 35.5. The zero-order valence-corrected chi connectivity index (χ0v) is 6.74. The third kappa shape index (κ3) is 1.91. The second-order valence-corrected chi connectivity index (χ2v) is 2.46. The van der Waals surface area contributed by atoms with Crippen LogP contribution in [0.2, 0.25) is 0 Å². The molecule has 0 saturated carbocycles. The molecule has 10 heteroatoms. The van der Waals surface area contributed by atoms with Gasteiger partial charge in [-0.3, -0.25) is 0 Å². The highest BCUT2D eigenvalue weighted by Crippen LogP contribution is 2.34. The molecule has 0 fully saturated rings. The molecule has 0 radical (unpaired) electrons. The molecule has 0 aliphatic carbocycles. The van der Waals surface area contributed by atoms with Gasteiger partial charge in [-0.2, -0.15) is 26.3 Å². The lowest BCUT2D eigenvalue weighted by Crippen LogP contribution is -2.15. The number of halogens is 7. The molecular weight excluding hydrogens is 240 g/mol. The predicted octanol–water partition coefficient (Wildman–Crippen LogP) is 2.32. The number of nitrogens with zero attached hydrogens (tertiary/aromatic N) is 3. The van der Waals surface area contributed by atoms with Crippen LogP contribution in [0.5, 0.6) is 0 Å². The van der Waals surface area contributed by atoms with Crippen LogP contribution >= 0.6 is 11.8 Å². The minimum atomic E-state index is -5.07. The molecule has 0 bridgehead atoms. The average molecular weight is 240 g/mol. The van der Waals surface area contributed by atoms with Crippen molar-refractivity contribution >= 4 is 11.8 Å². The van der Waals surface area contributed by atoms with Crippen molar-refractivity contribution < 1.29 is 26.3 Å². The zero-order valence-electron chi connectivity index (χ0n) is 5.99. The number of hydrogen-bond acceptors (Lipinski definition) is 2. The van der Waals surface area contributed by atoms with Crippen LogP contribution < -0.4 is 0 Å². The molecule has 0 N–H and O–H groups in total. The van der Waals surface area contributed by atoms with E-state index in [0.29, 0.717) is 0 Å². The smallest absolute Gasteiger partial charge is 0.207 e. The van der Waals surface area contributed by atoms with Crippen molar-refractivity contribution in [2.75, 3.05) is 0 Å². The van der Waals surface area contributed by atoms with E-state index in [1.54, 1.807) is 0 Å². The molecule has 0 aliphatic rings. The van der Waals surface area contributed by atoms with Crippen LogP contribution in [-0.4, -0.2) is 14.3 Å². The lowest BCUT2D eigenvalue weighted by molar-refractivity contribution is -0.151. The summed E-state index contributed by atoms with van der Waals surface area (Å²) in [7, 11) is 0. The van der Waals surface area contributed by atoms with Gasteiger partial charge in [-0.15, -0.1) is 10.2 Å². The SMILES string of the molecule is FC(F)(F)c1nnc(C(F)(F)F)n1Cl. The van der Waals surface area contributed by atoms with E-state index in [1.807, 2.05) is 0 Å². The maximum Gasteiger partial charge on any atom is 0.452 e. The molecule has 0 amide bonds. The van der Waals surface area contributed by atoms with Gasteiger partial charge in [0.1, 0.15) is 0 Å². The lowest BCUT2D eigenvalue weighted by atomic mass is 10.6. The molecular formula is C4ClF6N3. The Balaban J connectivity index is 3.23. The Labute approximate surface area is 77.4 Å². The molecule has 80 valence electrons. The lowest BCUT2D eigenvalue weighted by Gasteiger charge is -2.05. The molecule has 0 aliphatic heterocycles. The summed E-state index contributed by atoms with van der Waals surface area (Å²) in [5, 5.41) is 4.58. The van der Waals surface area contributed by atoms with Gasteiger partial charge in [-0.25, -0.2) is 4.09 Å². The van der Waals surface area contributed by atoms with E-state index >= 15 is 0 Å². The van der Waals surface area contributed by atoms with Crippen molar-refractivity contribution in [3.8, 4) is 0 Å². The summed E-state index contributed by atoms with van der Waals surface area (Å²) in [5.74, 6) is -3.82. The van der Waals surface area contributed by atoms with E-state index in [-0.39, 0.29) is 0 Å². The normalized spacial score (nSPS) is 13.4. The molecule has 1 aromatic heterocycles. The number of alkyl halides is 6. The van der Waals surface area contributed by atoms with Crippen molar-refractivity contribution in [1.29, 1.82) is 0 Å². The molecule has 0 spiro atoms. The summed E-state index contributed by atoms with van der Waals surface area (Å²) in [5.41, 5.74) is 0. The highest BCUT2D eigenvalue weighted by Gasteiger charge is 2.45. The van der Waals surface area contributed by atoms with E-state index in [0.717, 1.165) is 0 Å². The molecule has 0 unspecified atom stereocenters. The van der Waals surface area contributed by atoms with E-state index in [1.165, 1.54) is 0 Å². The fraction of sp³-hybridized carbons (Fsp3) is 0.500. The van der Waals surface area contributed by atoms with Crippen molar-refractivity contribution in [3.05, 3.63) is 11.6 Å². The number of aromatic nitrogens is 3. The van der Waals surface area contributed by atoms with E-state index < -0.39 is 28.1 Å². The average Bonchev–Trinajstić information content (AvgIpc) is 2.26. The molecule has 0 saturated heterocycles. The summed E-state index contributed by atoms with van der Waals surface area (Å²) in [6, 6.07) is 0. The Kier molecular flexibility index (Phi) is 2.38. The third-order valence-corrected chi connectivity index (χ3v) is 1.44. The summed E-state index contributed by atoms with van der Waals surface area (Å²) >= 11 is 4.75. The predicted molar refractivity (Wildman–Crippen MR) is 31.3 cm³/mol. The van der Waals surface area contributed by atoms with Crippen LogP contribution in [0.3, 0.4) is 0 Å². The number of hydrogen-bond donors (Lipinski definition) is 0. The minimum Gasteiger partial charge on any atom is -0.207 e. The topological polar surface area (TPSA) is 30.7 Å². The van der Waals surface area contributed by atoms with Crippen LogP contribution in [-0.2, 0) is 12.4 Å². The Morgan fingerprint density at radius 3 is 1.29 bits per heavy atom. The monoisotopic (exact) mass is 239 g/mol. The van der Waals surface area contributed by atoms with Crippen LogP contribution in [0, 0.1) is 0 Å². The van der Waals surface area contributed by atoms with E-state index in [2.05, 4.69) is 10.2 Å². The Bertz CT molecular complexity index is 306. The van der Waals surface area contributed by atoms with Gasteiger partial charge in [0.05, 0.1) is 0 Å². The first kappa shape index (κ1) is 11.1. The van der Waals surface area contributed by atoms with Crippen molar-refractivity contribution in [2.45, 2.75) is 12.4 Å². The Morgan fingerprint density at radius 2 is 1.14 bits per heavy atom. The summed E-state index contributed by atoms with van der Waals surface area (Å²) in [4.78, 5) is 0. The van der Waals surface area contributed by atoms with E-state index in [9.17, 15) is 26.3 Å². The highest BCUT2D eigenvalue weighted by molar-refractivity contribution is 6.16. The third-order valence-electron chi connectivity index (χ3n) is 1.12. The zero-order chi connectivity index (χ0) is 11.1. The van der Waals surface area contributed by atoms with Gasteiger partial charge in [0.2, 0.25) is 0 Å². The number of rotatable bonds is 0. The molecule has 1 rings (SSSR count). The molecule has 0 aromatic carbocycles. The first-order valence-electron chi connectivity index (χ1n) is 2.90. The Morgan fingerprint density at radius 1 is 0.857 bits per heavy atom. The van der Waals surface area contributed by atoms with Crippen LogP contribution in [0.15, 0.2) is 0 Å². The molecule has 1 aromatic rings. The quantitative estimate of drug-likeness (QED) is 0.651. The van der Waals surface area contributed by atoms with Crippen molar-refractivity contribution in [1.82, 2.24) is 14.3 Å². The maximum atomic E-state index is 11.9. The van der Waals surface area contributed by atoms with Crippen LogP contribution in [0.4, 0.5) is 26.3 Å². The largest absolute Gasteiger partial charge is 0.452 e. The maximum absolute atomic E-state index is 11.9. The standard InChI is InChI=1S/C4ClF6N3/c5-14-1(3(6,7)8)12-13-2(14)4(9,10)11. The fourth-order valence-corrected chi connectivity index (χ4v) is 0.869.